The molecule has 0 aliphatic carbocycles. The fraction of sp³-hybridized carbons (Fsp3) is 0.286. The Kier molecular flexibility index (Phi) is 5.60. The molecule has 1 aromatic rings. The highest BCUT2D eigenvalue weighted by molar-refractivity contribution is 5.85. The quantitative estimate of drug-likeness (QED) is 0.828. The van der Waals surface area contributed by atoms with E-state index in [0.717, 1.165) is 17.2 Å². The van der Waals surface area contributed by atoms with Gasteiger partial charge in [0, 0.05) is 19.7 Å². The van der Waals surface area contributed by atoms with Gasteiger partial charge >= 0.3 is 12.1 Å². The van der Waals surface area contributed by atoms with Gasteiger partial charge in [-0.2, -0.15) is 0 Å². The monoisotopic (exact) mass is 263 g/mol. The Bertz CT molecular complexity index is 465. The average Bonchev–Trinajstić information content (AvgIpc) is 2.38. The Morgan fingerprint density at radius 1 is 1.32 bits per heavy atom. The van der Waals surface area contributed by atoms with Crippen LogP contribution in [0.5, 0.6) is 0 Å². The van der Waals surface area contributed by atoms with Gasteiger partial charge in [-0.3, -0.25) is 0 Å². The molecule has 102 valence electrons. The highest BCUT2D eigenvalue weighted by Gasteiger charge is 2.09. The SMILES string of the molecule is CCOC(=O)N(C)Cc1ccc(/C=C/C(=O)O)cc1. The third-order valence-electron chi connectivity index (χ3n) is 2.40. The summed E-state index contributed by atoms with van der Waals surface area (Å²) in [6.45, 7) is 2.55. The molecule has 0 spiro atoms. The number of hydrogen-bond donors (Lipinski definition) is 1. The smallest absolute Gasteiger partial charge is 0.409 e. The number of benzene rings is 1. The van der Waals surface area contributed by atoms with Crippen LogP contribution in [0.2, 0.25) is 0 Å². The van der Waals surface area contributed by atoms with Crippen LogP contribution in [-0.2, 0) is 16.1 Å². The topological polar surface area (TPSA) is 66.8 Å². The number of carbonyl (C=O) groups excluding carboxylic acids is 1. The molecule has 0 atom stereocenters. The van der Waals surface area contributed by atoms with E-state index in [1.54, 1.807) is 26.1 Å². The Hall–Kier alpha value is -2.30. The lowest BCUT2D eigenvalue weighted by Gasteiger charge is -2.16. The van der Waals surface area contributed by atoms with E-state index in [1.165, 1.54) is 11.0 Å². The van der Waals surface area contributed by atoms with Crippen LogP contribution in [0.4, 0.5) is 4.79 Å². The average molecular weight is 263 g/mol. The second kappa shape index (κ2) is 7.20. The zero-order valence-electron chi connectivity index (χ0n) is 11.0. The summed E-state index contributed by atoms with van der Waals surface area (Å²) in [5.74, 6) is -0.980. The summed E-state index contributed by atoms with van der Waals surface area (Å²) in [4.78, 5) is 23.3. The van der Waals surface area contributed by atoms with Crippen molar-refractivity contribution in [3.8, 4) is 0 Å². The van der Waals surface area contributed by atoms with Crippen molar-refractivity contribution in [3.05, 3.63) is 41.5 Å². The molecule has 5 heteroatoms. The van der Waals surface area contributed by atoms with Crippen LogP contribution in [-0.4, -0.2) is 35.7 Å². The van der Waals surface area contributed by atoms with Crippen LogP contribution in [0.15, 0.2) is 30.3 Å². The number of rotatable bonds is 5. The second-order valence-electron chi connectivity index (χ2n) is 3.97. The van der Waals surface area contributed by atoms with Gasteiger partial charge in [-0.1, -0.05) is 24.3 Å². The highest BCUT2D eigenvalue weighted by Crippen LogP contribution is 2.09. The molecular formula is C14H17NO4. The van der Waals surface area contributed by atoms with Crippen molar-refractivity contribution in [2.24, 2.45) is 0 Å². The first kappa shape index (κ1) is 14.8. The number of nitrogens with zero attached hydrogens (tertiary/aromatic N) is 1. The highest BCUT2D eigenvalue weighted by atomic mass is 16.5. The van der Waals surface area contributed by atoms with Crippen molar-refractivity contribution in [3.63, 3.8) is 0 Å². The van der Waals surface area contributed by atoms with Gasteiger partial charge in [0.05, 0.1) is 6.61 Å². The molecule has 0 heterocycles. The summed E-state index contributed by atoms with van der Waals surface area (Å²) >= 11 is 0. The maximum Gasteiger partial charge on any atom is 0.409 e. The maximum atomic E-state index is 11.4. The lowest BCUT2D eigenvalue weighted by molar-refractivity contribution is -0.131. The molecule has 1 N–H and O–H groups in total. The molecule has 5 nitrogen and oxygen atoms in total. The Morgan fingerprint density at radius 3 is 2.47 bits per heavy atom. The molecule has 0 aliphatic heterocycles. The molecule has 0 saturated carbocycles. The van der Waals surface area contributed by atoms with Crippen molar-refractivity contribution < 1.29 is 19.4 Å². The minimum absolute atomic E-state index is 0.349. The first-order valence-corrected chi connectivity index (χ1v) is 5.90. The molecule has 0 aromatic heterocycles. The number of ether oxygens (including phenoxy) is 1. The first-order chi connectivity index (χ1) is 9.02. The lowest BCUT2D eigenvalue weighted by Crippen LogP contribution is -2.26. The number of carboxylic acids is 1. The van der Waals surface area contributed by atoms with Gasteiger partial charge in [-0.15, -0.1) is 0 Å². The van der Waals surface area contributed by atoms with E-state index >= 15 is 0 Å². The number of hydrogen-bond acceptors (Lipinski definition) is 3. The van der Waals surface area contributed by atoms with Crippen LogP contribution < -0.4 is 0 Å². The number of amides is 1. The fourth-order valence-electron chi connectivity index (χ4n) is 1.47. The number of carboxylic acid groups (broad SMARTS) is 1. The van der Waals surface area contributed by atoms with E-state index < -0.39 is 5.97 Å². The van der Waals surface area contributed by atoms with E-state index in [9.17, 15) is 9.59 Å². The molecule has 0 saturated heterocycles. The minimum Gasteiger partial charge on any atom is -0.478 e. The van der Waals surface area contributed by atoms with Crippen LogP contribution in [0.3, 0.4) is 0 Å². The molecule has 19 heavy (non-hydrogen) atoms. The molecule has 0 fully saturated rings. The van der Waals surface area contributed by atoms with Gasteiger partial charge < -0.3 is 14.7 Å². The zero-order valence-corrected chi connectivity index (χ0v) is 11.0. The first-order valence-electron chi connectivity index (χ1n) is 5.90. The summed E-state index contributed by atoms with van der Waals surface area (Å²) in [6.07, 6.45) is 2.23. The molecule has 1 aromatic carbocycles. The minimum atomic E-state index is -0.980. The molecule has 0 bridgehead atoms. The van der Waals surface area contributed by atoms with E-state index in [1.807, 2.05) is 12.1 Å². The van der Waals surface area contributed by atoms with Gasteiger partial charge in [0.1, 0.15) is 0 Å². The van der Waals surface area contributed by atoms with E-state index in [-0.39, 0.29) is 6.09 Å². The lowest BCUT2D eigenvalue weighted by atomic mass is 10.1. The molecule has 1 amide bonds. The van der Waals surface area contributed by atoms with Gasteiger partial charge in [0.2, 0.25) is 0 Å². The van der Waals surface area contributed by atoms with Crippen molar-refractivity contribution in [1.29, 1.82) is 0 Å². The Labute approximate surface area is 112 Å². The predicted octanol–water partition coefficient (Wildman–Crippen LogP) is 2.37. The van der Waals surface area contributed by atoms with Crippen LogP contribution >= 0.6 is 0 Å². The van der Waals surface area contributed by atoms with Gasteiger partial charge in [-0.25, -0.2) is 9.59 Å². The summed E-state index contributed by atoms with van der Waals surface area (Å²) in [5.41, 5.74) is 1.74. The molecule has 0 aliphatic rings. The van der Waals surface area contributed by atoms with Crippen molar-refractivity contribution >= 4 is 18.1 Å². The van der Waals surface area contributed by atoms with E-state index in [4.69, 9.17) is 9.84 Å². The summed E-state index contributed by atoms with van der Waals surface area (Å²) < 4.78 is 4.88. The van der Waals surface area contributed by atoms with Crippen LogP contribution in [0.1, 0.15) is 18.1 Å². The molecule has 1 rings (SSSR count). The van der Waals surface area contributed by atoms with E-state index in [2.05, 4.69) is 0 Å². The largest absolute Gasteiger partial charge is 0.478 e. The third kappa shape index (κ3) is 5.25. The van der Waals surface area contributed by atoms with Crippen LogP contribution in [0.25, 0.3) is 6.08 Å². The molecule has 0 unspecified atom stereocenters. The zero-order chi connectivity index (χ0) is 14.3. The van der Waals surface area contributed by atoms with Crippen molar-refractivity contribution in [2.75, 3.05) is 13.7 Å². The third-order valence-corrected chi connectivity index (χ3v) is 2.40. The van der Waals surface area contributed by atoms with Crippen molar-refractivity contribution in [2.45, 2.75) is 13.5 Å². The molecule has 0 radical (unpaired) electrons. The number of aliphatic carboxylic acids is 1. The van der Waals surface area contributed by atoms with E-state index in [0.29, 0.717) is 13.2 Å². The summed E-state index contributed by atoms with van der Waals surface area (Å²) in [5, 5.41) is 8.52. The Morgan fingerprint density at radius 2 is 1.95 bits per heavy atom. The predicted molar refractivity (Wildman–Crippen MR) is 71.6 cm³/mol. The van der Waals surface area contributed by atoms with Gasteiger partial charge in [0.15, 0.2) is 0 Å². The number of carbonyl (C=O) groups is 2. The fourth-order valence-corrected chi connectivity index (χ4v) is 1.47. The second-order valence-corrected chi connectivity index (χ2v) is 3.97. The summed E-state index contributed by atoms with van der Waals surface area (Å²) in [6, 6.07) is 7.29. The maximum absolute atomic E-state index is 11.4. The Balaban J connectivity index is 2.61. The van der Waals surface area contributed by atoms with Gasteiger partial charge in [-0.05, 0) is 24.1 Å². The normalized spacial score (nSPS) is 10.4. The standard InChI is InChI=1S/C14H17NO4/c1-3-19-14(18)15(2)10-12-6-4-11(5-7-12)8-9-13(16)17/h4-9H,3,10H2,1-2H3,(H,16,17)/b9-8+. The summed E-state index contributed by atoms with van der Waals surface area (Å²) in [7, 11) is 1.66. The molecular weight excluding hydrogens is 246 g/mol. The van der Waals surface area contributed by atoms with Gasteiger partial charge in [0.25, 0.3) is 0 Å². The van der Waals surface area contributed by atoms with Crippen molar-refractivity contribution in [1.82, 2.24) is 4.90 Å². The van der Waals surface area contributed by atoms with Crippen LogP contribution in [0, 0.1) is 0 Å².